The molecule has 0 spiro atoms. The van der Waals surface area contributed by atoms with Crippen molar-refractivity contribution in [1.29, 1.82) is 0 Å². The van der Waals surface area contributed by atoms with Crippen molar-refractivity contribution < 1.29 is 9.59 Å². The van der Waals surface area contributed by atoms with Crippen LogP contribution in [0, 0.1) is 5.92 Å². The second-order valence-corrected chi connectivity index (χ2v) is 4.25. The number of aromatic nitrogens is 1. The van der Waals surface area contributed by atoms with Gasteiger partial charge in [-0.25, -0.2) is 0 Å². The zero-order valence-corrected chi connectivity index (χ0v) is 9.50. The lowest BCUT2D eigenvalue weighted by molar-refractivity contribution is -0.128. The first-order valence-corrected chi connectivity index (χ1v) is 5.63. The van der Waals surface area contributed by atoms with Crippen molar-refractivity contribution in [3.8, 4) is 0 Å². The SMILES string of the molecule is NC(=O)C1CC(=O)N(CCc2ccncc2)C1. The zero-order valence-electron chi connectivity index (χ0n) is 9.50. The van der Waals surface area contributed by atoms with Gasteiger partial charge in [-0.3, -0.25) is 14.6 Å². The number of nitrogens with zero attached hydrogens (tertiary/aromatic N) is 2. The van der Waals surface area contributed by atoms with Crippen molar-refractivity contribution in [2.24, 2.45) is 11.7 Å². The summed E-state index contributed by atoms with van der Waals surface area (Å²) in [4.78, 5) is 28.3. The summed E-state index contributed by atoms with van der Waals surface area (Å²) in [5.74, 6) is -0.687. The third-order valence-electron chi connectivity index (χ3n) is 3.04. The molecular formula is C12H15N3O2. The minimum atomic E-state index is -0.384. The quantitative estimate of drug-likeness (QED) is 0.792. The van der Waals surface area contributed by atoms with Crippen LogP contribution in [0.3, 0.4) is 0 Å². The minimum absolute atomic E-state index is 0.0165. The Morgan fingerprint density at radius 2 is 2.18 bits per heavy atom. The number of nitrogens with two attached hydrogens (primary N) is 1. The third kappa shape index (κ3) is 2.81. The summed E-state index contributed by atoms with van der Waals surface area (Å²) in [6.07, 6.45) is 4.49. The zero-order chi connectivity index (χ0) is 12.3. The summed E-state index contributed by atoms with van der Waals surface area (Å²) in [7, 11) is 0. The van der Waals surface area contributed by atoms with Crippen molar-refractivity contribution in [3.63, 3.8) is 0 Å². The summed E-state index contributed by atoms with van der Waals surface area (Å²) in [5.41, 5.74) is 6.34. The van der Waals surface area contributed by atoms with Gasteiger partial charge < -0.3 is 10.6 Å². The van der Waals surface area contributed by atoms with Crippen molar-refractivity contribution in [2.75, 3.05) is 13.1 Å². The molecule has 0 saturated carbocycles. The Kier molecular flexibility index (Phi) is 3.37. The lowest BCUT2D eigenvalue weighted by Crippen LogP contribution is -2.30. The molecule has 1 saturated heterocycles. The van der Waals surface area contributed by atoms with Crippen LogP contribution in [0.2, 0.25) is 0 Å². The van der Waals surface area contributed by atoms with E-state index in [2.05, 4.69) is 4.98 Å². The molecule has 5 heteroatoms. The number of likely N-dealkylation sites (tertiary alicyclic amines) is 1. The van der Waals surface area contributed by atoms with Crippen LogP contribution in [-0.4, -0.2) is 34.8 Å². The summed E-state index contributed by atoms with van der Waals surface area (Å²) in [6.45, 7) is 1.09. The Morgan fingerprint density at radius 1 is 1.47 bits per heavy atom. The fourth-order valence-electron chi connectivity index (χ4n) is 1.99. The predicted octanol–water partition coefficient (Wildman–Crippen LogP) is -0.0421. The van der Waals surface area contributed by atoms with Crippen LogP contribution in [0.25, 0.3) is 0 Å². The fraction of sp³-hybridized carbons (Fsp3) is 0.417. The molecule has 0 radical (unpaired) electrons. The van der Waals surface area contributed by atoms with E-state index in [9.17, 15) is 9.59 Å². The molecule has 0 aromatic carbocycles. The van der Waals surface area contributed by atoms with E-state index in [0.717, 1.165) is 12.0 Å². The van der Waals surface area contributed by atoms with E-state index in [1.165, 1.54) is 0 Å². The summed E-state index contributed by atoms with van der Waals surface area (Å²) < 4.78 is 0. The van der Waals surface area contributed by atoms with E-state index in [-0.39, 0.29) is 24.2 Å². The highest BCUT2D eigenvalue weighted by atomic mass is 16.2. The second kappa shape index (κ2) is 4.95. The van der Waals surface area contributed by atoms with Crippen molar-refractivity contribution in [3.05, 3.63) is 30.1 Å². The second-order valence-electron chi connectivity index (χ2n) is 4.25. The van der Waals surface area contributed by atoms with Crippen LogP contribution in [0.5, 0.6) is 0 Å². The van der Waals surface area contributed by atoms with Crippen molar-refractivity contribution in [2.45, 2.75) is 12.8 Å². The first kappa shape index (κ1) is 11.6. The monoisotopic (exact) mass is 233 g/mol. The number of amides is 2. The number of rotatable bonds is 4. The minimum Gasteiger partial charge on any atom is -0.369 e. The van der Waals surface area contributed by atoms with Crippen LogP contribution < -0.4 is 5.73 Å². The maximum atomic E-state index is 11.6. The maximum Gasteiger partial charge on any atom is 0.223 e. The lowest BCUT2D eigenvalue weighted by Gasteiger charge is -2.15. The van der Waals surface area contributed by atoms with E-state index in [0.29, 0.717) is 13.1 Å². The highest BCUT2D eigenvalue weighted by Crippen LogP contribution is 2.17. The molecule has 90 valence electrons. The maximum absolute atomic E-state index is 11.6. The Bertz CT molecular complexity index is 419. The van der Waals surface area contributed by atoms with E-state index in [1.54, 1.807) is 17.3 Å². The Morgan fingerprint density at radius 3 is 2.76 bits per heavy atom. The molecule has 0 aliphatic carbocycles. The molecule has 5 nitrogen and oxygen atoms in total. The lowest BCUT2D eigenvalue weighted by atomic mass is 10.1. The molecule has 1 fully saturated rings. The van der Waals surface area contributed by atoms with Gasteiger partial charge >= 0.3 is 0 Å². The molecule has 17 heavy (non-hydrogen) atoms. The first-order valence-electron chi connectivity index (χ1n) is 5.63. The number of pyridine rings is 1. The van der Waals surface area contributed by atoms with Crippen LogP contribution in [0.1, 0.15) is 12.0 Å². The first-order chi connectivity index (χ1) is 8.16. The topological polar surface area (TPSA) is 76.3 Å². The van der Waals surface area contributed by atoms with Gasteiger partial charge in [0.05, 0.1) is 5.92 Å². The normalized spacial score (nSPS) is 19.6. The van der Waals surface area contributed by atoms with Gasteiger partial charge in [0, 0.05) is 31.9 Å². The molecule has 1 atom stereocenters. The average molecular weight is 233 g/mol. The van der Waals surface area contributed by atoms with Crippen LogP contribution in [-0.2, 0) is 16.0 Å². The van der Waals surface area contributed by atoms with Gasteiger partial charge in [0.1, 0.15) is 0 Å². The smallest absolute Gasteiger partial charge is 0.223 e. The van der Waals surface area contributed by atoms with E-state index < -0.39 is 0 Å². The van der Waals surface area contributed by atoms with Crippen molar-refractivity contribution >= 4 is 11.8 Å². The molecule has 2 amide bonds. The Hall–Kier alpha value is -1.91. The molecule has 1 aliphatic rings. The Balaban J connectivity index is 1.88. The number of hydrogen-bond acceptors (Lipinski definition) is 3. The number of hydrogen-bond donors (Lipinski definition) is 1. The highest BCUT2D eigenvalue weighted by molar-refractivity contribution is 5.88. The van der Waals surface area contributed by atoms with Gasteiger partial charge in [-0.2, -0.15) is 0 Å². The number of carbonyl (C=O) groups excluding carboxylic acids is 2. The van der Waals surface area contributed by atoms with Crippen LogP contribution in [0.15, 0.2) is 24.5 Å². The molecule has 0 bridgehead atoms. The summed E-state index contributed by atoms with van der Waals surface area (Å²) in [5, 5.41) is 0. The predicted molar refractivity (Wildman–Crippen MR) is 61.8 cm³/mol. The number of carbonyl (C=O) groups is 2. The summed E-state index contributed by atoms with van der Waals surface area (Å²) >= 11 is 0. The van der Waals surface area contributed by atoms with Gasteiger partial charge in [0.15, 0.2) is 0 Å². The molecule has 2 N–H and O–H groups in total. The summed E-state index contributed by atoms with van der Waals surface area (Å²) in [6, 6.07) is 3.85. The molecular weight excluding hydrogens is 218 g/mol. The fourth-order valence-corrected chi connectivity index (χ4v) is 1.99. The molecule has 1 aromatic heterocycles. The van der Waals surface area contributed by atoms with Gasteiger partial charge in [-0.1, -0.05) is 0 Å². The highest BCUT2D eigenvalue weighted by Gasteiger charge is 2.32. The van der Waals surface area contributed by atoms with Gasteiger partial charge in [-0.15, -0.1) is 0 Å². The molecule has 1 aliphatic heterocycles. The third-order valence-corrected chi connectivity index (χ3v) is 3.04. The van der Waals surface area contributed by atoms with Crippen LogP contribution in [0.4, 0.5) is 0 Å². The Labute approximate surface area is 99.6 Å². The van der Waals surface area contributed by atoms with E-state index in [4.69, 9.17) is 5.73 Å². The largest absolute Gasteiger partial charge is 0.369 e. The van der Waals surface area contributed by atoms with Crippen LogP contribution >= 0.6 is 0 Å². The molecule has 1 aromatic rings. The number of primary amides is 1. The van der Waals surface area contributed by atoms with Crippen molar-refractivity contribution in [1.82, 2.24) is 9.88 Å². The molecule has 1 unspecified atom stereocenters. The van der Waals surface area contributed by atoms with Gasteiger partial charge in [-0.05, 0) is 24.1 Å². The standard InChI is InChI=1S/C12H15N3O2/c13-12(17)10-7-11(16)15(8-10)6-3-9-1-4-14-5-2-9/h1-2,4-5,10H,3,6-8H2,(H2,13,17). The molecule has 2 rings (SSSR count). The molecule has 2 heterocycles. The van der Waals surface area contributed by atoms with E-state index in [1.807, 2.05) is 12.1 Å². The average Bonchev–Trinajstić information content (AvgIpc) is 2.70. The van der Waals surface area contributed by atoms with Gasteiger partial charge in [0.25, 0.3) is 0 Å². The van der Waals surface area contributed by atoms with Gasteiger partial charge in [0.2, 0.25) is 11.8 Å². The van der Waals surface area contributed by atoms with E-state index >= 15 is 0 Å².